The zero-order valence-corrected chi connectivity index (χ0v) is 11.2. The summed E-state index contributed by atoms with van der Waals surface area (Å²) in [6.07, 6.45) is 0.172. The van der Waals surface area contributed by atoms with Crippen molar-refractivity contribution in [1.82, 2.24) is 4.98 Å². The van der Waals surface area contributed by atoms with Crippen molar-refractivity contribution in [1.29, 1.82) is 5.26 Å². The molecular formula is C12H14N4O4. The number of carbonyl (C=O) groups is 1. The van der Waals surface area contributed by atoms with Crippen molar-refractivity contribution in [3.05, 3.63) is 27.9 Å². The molecule has 1 rings (SSSR count). The minimum absolute atomic E-state index is 0.172. The van der Waals surface area contributed by atoms with Crippen LogP contribution in [0, 0.1) is 21.4 Å². The highest BCUT2D eigenvalue weighted by atomic mass is 16.6. The van der Waals surface area contributed by atoms with Crippen LogP contribution in [0.2, 0.25) is 0 Å². The number of nitriles is 1. The van der Waals surface area contributed by atoms with E-state index in [4.69, 9.17) is 10.00 Å². The molecule has 0 atom stereocenters. The van der Waals surface area contributed by atoms with Crippen LogP contribution < -0.4 is 4.90 Å². The monoisotopic (exact) mass is 278 g/mol. The van der Waals surface area contributed by atoms with E-state index in [2.05, 4.69) is 4.98 Å². The highest BCUT2D eigenvalue weighted by Crippen LogP contribution is 2.20. The Bertz CT molecular complexity index is 553. The lowest BCUT2D eigenvalue weighted by Gasteiger charge is -2.17. The molecule has 1 aromatic rings. The van der Waals surface area contributed by atoms with E-state index in [1.165, 1.54) is 12.1 Å². The SMILES string of the molecule is CCOC(=O)CCN(C)c1ccc([N+](=O)[O-])c(C#N)n1. The lowest BCUT2D eigenvalue weighted by atomic mass is 10.3. The van der Waals surface area contributed by atoms with Crippen molar-refractivity contribution in [3.63, 3.8) is 0 Å². The fourth-order valence-electron chi connectivity index (χ4n) is 1.49. The van der Waals surface area contributed by atoms with Crippen molar-refractivity contribution in [3.8, 4) is 6.07 Å². The molecule has 0 radical (unpaired) electrons. The predicted octanol–water partition coefficient (Wildman–Crippen LogP) is 1.25. The lowest BCUT2D eigenvalue weighted by molar-refractivity contribution is -0.385. The van der Waals surface area contributed by atoms with Gasteiger partial charge in [0, 0.05) is 19.7 Å². The molecule has 20 heavy (non-hydrogen) atoms. The molecule has 0 aliphatic rings. The number of nitrogens with zero attached hydrogens (tertiary/aromatic N) is 4. The fourth-order valence-corrected chi connectivity index (χ4v) is 1.49. The standard InChI is InChI=1S/C12H14N4O4/c1-3-20-12(17)6-7-15(2)11-5-4-10(16(18)19)9(8-13)14-11/h4-5H,3,6-7H2,1-2H3. The molecule has 0 spiro atoms. The third-order valence-corrected chi connectivity index (χ3v) is 2.51. The number of carbonyl (C=O) groups excluding carboxylic acids is 1. The maximum absolute atomic E-state index is 11.2. The maximum Gasteiger partial charge on any atom is 0.307 e. The summed E-state index contributed by atoms with van der Waals surface area (Å²) in [6.45, 7) is 2.38. The molecule has 0 amide bonds. The summed E-state index contributed by atoms with van der Waals surface area (Å²) in [6, 6.07) is 4.34. The Hall–Kier alpha value is -2.69. The molecule has 0 aliphatic carbocycles. The molecular weight excluding hydrogens is 264 g/mol. The largest absolute Gasteiger partial charge is 0.466 e. The van der Waals surface area contributed by atoms with E-state index in [9.17, 15) is 14.9 Å². The van der Waals surface area contributed by atoms with E-state index in [-0.39, 0.29) is 23.8 Å². The molecule has 0 aromatic carbocycles. The van der Waals surface area contributed by atoms with Crippen LogP contribution in [0.15, 0.2) is 12.1 Å². The second-order valence-corrected chi connectivity index (χ2v) is 3.88. The van der Waals surface area contributed by atoms with Gasteiger partial charge in [0.25, 0.3) is 0 Å². The summed E-state index contributed by atoms with van der Waals surface area (Å²) in [4.78, 5) is 26.8. The summed E-state index contributed by atoms with van der Waals surface area (Å²) in [5, 5.41) is 19.5. The third-order valence-electron chi connectivity index (χ3n) is 2.51. The van der Waals surface area contributed by atoms with Crippen LogP contribution in [-0.4, -0.2) is 36.1 Å². The van der Waals surface area contributed by atoms with Crippen molar-refractivity contribution in [2.45, 2.75) is 13.3 Å². The summed E-state index contributed by atoms with van der Waals surface area (Å²) in [7, 11) is 1.68. The predicted molar refractivity (Wildman–Crippen MR) is 70.1 cm³/mol. The normalized spacial score (nSPS) is 9.65. The van der Waals surface area contributed by atoms with Gasteiger partial charge >= 0.3 is 11.7 Å². The Labute approximate surface area is 115 Å². The minimum Gasteiger partial charge on any atom is -0.466 e. The highest BCUT2D eigenvalue weighted by molar-refractivity contribution is 5.70. The van der Waals surface area contributed by atoms with Crippen LogP contribution in [0.1, 0.15) is 19.0 Å². The summed E-state index contributed by atoms with van der Waals surface area (Å²) in [5.41, 5.74) is -0.592. The number of ether oxygens (including phenoxy) is 1. The van der Waals surface area contributed by atoms with Crippen LogP contribution in [-0.2, 0) is 9.53 Å². The first kappa shape index (κ1) is 15.4. The quantitative estimate of drug-likeness (QED) is 0.437. The zero-order chi connectivity index (χ0) is 15.1. The van der Waals surface area contributed by atoms with Gasteiger partial charge in [-0.1, -0.05) is 0 Å². The first-order valence-corrected chi connectivity index (χ1v) is 5.91. The van der Waals surface area contributed by atoms with Gasteiger partial charge in [-0.05, 0) is 13.0 Å². The molecule has 8 nitrogen and oxygen atoms in total. The van der Waals surface area contributed by atoms with Crippen LogP contribution >= 0.6 is 0 Å². The maximum atomic E-state index is 11.2. The van der Waals surface area contributed by atoms with Gasteiger partial charge in [-0.15, -0.1) is 0 Å². The second-order valence-electron chi connectivity index (χ2n) is 3.88. The van der Waals surface area contributed by atoms with Gasteiger partial charge in [0.1, 0.15) is 11.9 Å². The minimum atomic E-state index is -0.659. The molecule has 0 fully saturated rings. The van der Waals surface area contributed by atoms with Crippen molar-refractivity contribution >= 4 is 17.5 Å². The van der Waals surface area contributed by atoms with E-state index in [1.54, 1.807) is 24.9 Å². The second kappa shape index (κ2) is 7.04. The van der Waals surface area contributed by atoms with Crippen LogP contribution in [0.3, 0.4) is 0 Å². The highest BCUT2D eigenvalue weighted by Gasteiger charge is 2.17. The Balaban J connectivity index is 2.79. The van der Waals surface area contributed by atoms with Gasteiger partial charge in [-0.3, -0.25) is 14.9 Å². The Morgan fingerprint density at radius 3 is 2.85 bits per heavy atom. The van der Waals surface area contributed by atoms with E-state index in [0.717, 1.165) is 0 Å². The van der Waals surface area contributed by atoms with Crippen LogP contribution in [0.25, 0.3) is 0 Å². The molecule has 0 bridgehead atoms. The molecule has 0 N–H and O–H groups in total. The molecule has 106 valence electrons. The topological polar surface area (TPSA) is 109 Å². The van der Waals surface area contributed by atoms with Crippen molar-refractivity contribution in [2.75, 3.05) is 25.1 Å². The molecule has 1 aromatic heterocycles. The summed E-state index contributed by atoms with van der Waals surface area (Å²) >= 11 is 0. The molecule has 8 heteroatoms. The number of nitro groups is 1. The number of hydrogen-bond acceptors (Lipinski definition) is 7. The first-order valence-electron chi connectivity index (χ1n) is 5.91. The average Bonchev–Trinajstić information content (AvgIpc) is 2.44. The lowest BCUT2D eigenvalue weighted by Crippen LogP contribution is -2.23. The number of aromatic nitrogens is 1. The summed E-state index contributed by atoms with van der Waals surface area (Å²) in [5.74, 6) is 0.0539. The van der Waals surface area contributed by atoms with Crippen molar-refractivity contribution < 1.29 is 14.5 Å². The Kier molecular flexibility index (Phi) is 5.41. The number of pyridine rings is 1. The van der Waals surface area contributed by atoms with E-state index in [1.807, 2.05) is 0 Å². The van der Waals surface area contributed by atoms with Gasteiger partial charge < -0.3 is 9.64 Å². The average molecular weight is 278 g/mol. The van der Waals surface area contributed by atoms with Gasteiger partial charge in [0.15, 0.2) is 0 Å². The first-order chi connectivity index (χ1) is 9.49. The number of anilines is 1. The Morgan fingerprint density at radius 2 is 2.30 bits per heavy atom. The van der Waals surface area contributed by atoms with Crippen LogP contribution in [0.5, 0.6) is 0 Å². The van der Waals surface area contributed by atoms with E-state index in [0.29, 0.717) is 19.0 Å². The van der Waals surface area contributed by atoms with Gasteiger partial charge in [-0.25, -0.2) is 4.98 Å². The van der Waals surface area contributed by atoms with Gasteiger partial charge in [0.2, 0.25) is 5.69 Å². The fraction of sp³-hybridized carbons (Fsp3) is 0.417. The molecule has 0 aliphatic heterocycles. The smallest absolute Gasteiger partial charge is 0.307 e. The summed E-state index contributed by atoms with van der Waals surface area (Å²) < 4.78 is 4.80. The number of hydrogen-bond donors (Lipinski definition) is 0. The molecule has 0 saturated carbocycles. The Morgan fingerprint density at radius 1 is 1.60 bits per heavy atom. The number of rotatable bonds is 6. The van der Waals surface area contributed by atoms with Gasteiger partial charge in [0.05, 0.1) is 18.0 Å². The molecule has 0 saturated heterocycles. The van der Waals surface area contributed by atoms with E-state index < -0.39 is 4.92 Å². The van der Waals surface area contributed by atoms with Crippen LogP contribution in [0.4, 0.5) is 11.5 Å². The number of esters is 1. The molecule has 1 heterocycles. The van der Waals surface area contributed by atoms with E-state index >= 15 is 0 Å². The zero-order valence-electron chi connectivity index (χ0n) is 11.2. The van der Waals surface area contributed by atoms with Gasteiger partial charge in [-0.2, -0.15) is 5.26 Å². The van der Waals surface area contributed by atoms with Crippen molar-refractivity contribution in [2.24, 2.45) is 0 Å². The molecule has 0 unspecified atom stereocenters. The third kappa shape index (κ3) is 3.91.